The molecule has 2 rings (SSSR count). The summed E-state index contributed by atoms with van der Waals surface area (Å²) in [4.78, 5) is 12.3. The zero-order chi connectivity index (χ0) is 14.2. The van der Waals surface area contributed by atoms with Crippen LogP contribution in [0.15, 0.2) is 33.5 Å². The molecule has 0 aliphatic rings. The molecule has 1 heterocycles. The van der Waals surface area contributed by atoms with Crippen molar-refractivity contribution < 1.29 is 4.74 Å². The van der Waals surface area contributed by atoms with Crippen molar-refractivity contribution in [2.45, 2.75) is 26.2 Å². The Morgan fingerprint density at radius 2 is 2.00 bits per heavy atom. The Labute approximate surface area is 120 Å². The monoisotopic (exact) mass is 324 g/mol. The quantitative estimate of drug-likeness (QED) is 0.921. The summed E-state index contributed by atoms with van der Waals surface area (Å²) in [6, 6.07) is 7.37. The third-order valence-electron chi connectivity index (χ3n) is 2.90. The van der Waals surface area contributed by atoms with E-state index in [9.17, 15) is 4.79 Å². The minimum absolute atomic E-state index is 0.0989. The van der Waals surface area contributed by atoms with Gasteiger partial charge >= 0.3 is 0 Å². The molecule has 0 bridgehead atoms. The van der Waals surface area contributed by atoms with Crippen molar-refractivity contribution in [3.63, 3.8) is 0 Å². The molecule has 102 valence electrons. The summed E-state index contributed by atoms with van der Waals surface area (Å²) in [6.45, 7) is 6.16. The molecular formula is C14H17BrN2O2. The van der Waals surface area contributed by atoms with E-state index < -0.39 is 0 Å². The summed E-state index contributed by atoms with van der Waals surface area (Å²) in [7, 11) is 1.60. The number of nitrogens with zero attached hydrogens (tertiary/aromatic N) is 1. The first-order valence-corrected chi connectivity index (χ1v) is 6.79. The molecule has 4 nitrogen and oxygen atoms in total. The summed E-state index contributed by atoms with van der Waals surface area (Å²) in [5, 5.41) is 3.16. The average molecular weight is 325 g/mol. The Hall–Kier alpha value is -1.49. The summed E-state index contributed by atoms with van der Waals surface area (Å²) in [5.74, 6) is 0.715. The Kier molecular flexibility index (Phi) is 3.58. The largest absolute Gasteiger partial charge is 0.497 e. The van der Waals surface area contributed by atoms with Gasteiger partial charge in [-0.2, -0.15) is 0 Å². The SMILES string of the molecule is COc1cccc(-n2[nH]c(C(C)(C)C)c(Br)c2=O)c1. The van der Waals surface area contributed by atoms with Crippen LogP contribution in [0, 0.1) is 0 Å². The van der Waals surface area contributed by atoms with Crippen LogP contribution in [0.1, 0.15) is 26.5 Å². The highest BCUT2D eigenvalue weighted by Gasteiger charge is 2.23. The molecule has 5 heteroatoms. The number of benzene rings is 1. The third-order valence-corrected chi connectivity index (χ3v) is 3.63. The van der Waals surface area contributed by atoms with E-state index >= 15 is 0 Å². The number of hydrogen-bond donors (Lipinski definition) is 1. The van der Waals surface area contributed by atoms with Gasteiger partial charge in [-0.3, -0.25) is 9.89 Å². The lowest BCUT2D eigenvalue weighted by Gasteiger charge is -2.16. The van der Waals surface area contributed by atoms with E-state index in [1.807, 2.05) is 24.3 Å². The second-order valence-corrected chi connectivity index (χ2v) is 6.19. The maximum atomic E-state index is 12.3. The number of methoxy groups -OCH3 is 1. The van der Waals surface area contributed by atoms with Gasteiger partial charge in [-0.25, -0.2) is 4.68 Å². The maximum Gasteiger partial charge on any atom is 0.285 e. The number of rotatable bonds is 2. The number of halogens is 1. The minimum atomic E-state index is -0.137. The van der Waals surface area contributed by atoms with Gasteiger partial charge in [-0.15, -0.1) is 0 Å². The minimum Gasteiger partial charge on any atom is -0.497 e. The molecule has 0 unspecified atom stereocenters. The van der Waals surface area contributed by atoms with Crippen LogP contribution in [0.3, 0.4) is 0 Å². The first-order valence-electron chi connectivity index (χ1n) is 6.00. The van der Waals surface area contributed by atoms with E-state index in [2.05, 4.69) is 41.8 Å². The van der Waals surface area contributed by atoms with Gasteiger partial charge in [0.2, 0.25) is 0 Å². The van der Waals surface area contributed by atoms with Crippen LogP contribution in [-0.4, -0.2) is 16.9 Å². The normalized spacial score (nSPS) is 11.6. The van der Waals surface area contributed by atoms with Crippen molar-refractivity contribution >= 4 is 15.9 Å². The fraction of sp³-hybridized carbons (Fsp3) is 0.357. The molecule has 1 N–H and O–H groups in total. The van der Waals surface area contributed by atoms with E-state index in [0.29, 0.717) is 10.2 Å². The molecule has 2 aromatic rings. The van der Waals surface area contributed by atoms with E-state index in [1.54, 1.807) is 7.11 Å². The fourth-order valence-corrected chi connectivity index (χ4v) is 2.71. The van der Waals surface area contributed by atoms with Gasteiger partial charge in [0.15, 0.2) is 0 Å². The molecule has 0 radical (unpaired) electrons. The first kappa shape index (κ1) is 13.9. The second kappa shape index (κ2) is 4.89. The van der Waals surface area contributed by atoms with Crippen molar-refractivity contribution in [2.75, 3.05) is 7.11 Å². The molecule has 0 aliphatic carbocycles. The molecule has 0 fully saturated rings. The number of aromatic nitrogens is 2. The Morgan fingerprint density at radius 3 is 2.53 bits per heavy atom. The summed E-state index contributed by atoms with van der Waals surface area (Å²) < 4.78 is 7.27. The molecular weight excluding hydrogens is 308 g/mol. The lowest BCUT2D eigenvalue weighted by atomic mass is 9.93. The summed E-state index contributed by atoms with van der Waals surface area (Å²) in [6.07, 6.45) is 0. The van der Waals surface area contributed by atoms with Crippen molar-refractivity contribution in [2.24, 2.45) is 0 Å². The molecule has 0 saturated heterocycles. The number of ether oxygens (including phenoxy) is 1. The zero-order valence-corrected chi connectivity index (χ0v) is 13.0. The lowest BCUT2D eigenvalue weighted by molar-refractivity contribution is 0.414. The first-order chi connectivity index (χ1) is 8.84. The molecule has 1 aromatic heterocycles. The molecule has 0 aliphatic heterocycles. The summed E-state index contributed by atoms with van der Waals surface area (Å²) in [5.41, 5.74) is 1.39. The van der Waals surface area contributed by atoms with E-state index in [0.717, 1.165) is 11.4 Å². The van der Waals surface area contributed by atoms with Crippen molar-refractivity contribution in [1.82, 2.24) is 9.78 Å². The van der Waals surface area contributed by atoms with Gasteiger partial charge in [0.05, 0.1) is 18.5 Å². The Morgan fingerprint density at radius 1 is 1.32 bits per heavy atom. The van der Waals surface area contributed by atoms with E-state index in [4.69, 9.17) is 4.74 Å². The molecule has 0 spiro atoms. The van der Waals surface area contributed by atoms with Gasteiger partial charge in [0, 0.05) is 11.5 Å². The standard InChI is InChI=1S/C14H17BrN2O2/c1-14(2,3)12-11(15)13(18)17(16-12)9-6-5-7-10(8-9)19-4/h5-8,16H,1-4H3. The lowest BCUT2D eigenvalue weighted by Crippen LogP contribution is -2.14. The molecule has 0 atom stereocenters. The predicted molar refractivity (Wildman–Crippen MR) is 79.3 cm³/mol. The topological polar surface area (TPSA) is 47.0 Å². The average Bonchev–Trinajstić information content (AvgIpc) is 2.66. The Balaban J connectivity index is 2.61. The number of aromatic amines is 1. The van der Waals surface area contributed by atoms with Gasteiger partial charge in [-0.05, 0) is 28.1 Å². The highest BCUT2D eigenvalue weighted by Crippen LogP contribution is 2.26. The van der Waals surface area contributed by atoms with Crippen molar-refractivity contribution in [3.8, 4) is 11.4 Å². The van der Waals surface area contributed by atoms with E-state index in [-0.39, 0.29) is 11.0 Å². The second-order valence-electron chi connectivity index (χ2n) is 5.39. The van der Waals surface area contributed by atoms with Crippen molar-refractivity contribution in [3.05, 3.63) is 44.8 Å². The van der Waals surface area contributed by atoms with Gasteiger partial charge in [0.25, 0.3) is 5.56 Å². The van der Waals surface area contributed by atoms with Gasteiger partial charge in [0.1, 0.15) is 10.2 Å². The van der Waals surface area contributed by atoms with Gasteiger partial charge in [-0.1, -0.05) is 26.8 Å². The van der Waals surface area contributed by atoms with Crippen LogP contribution >= 0.6 is 15.9 Å². The number of H-pyrrole nitrogens is 1. The van der Waals surface area contributed by atoms with Crippen LogP contribution in [-0.2, 0) is 5.41 Å². The van der Waals surface area contributed by atoms with E-state index in [1.165, 1.54) is 4.68 Å². The van der Waals surface area contributed by atoms with Crippen molar-refractivity contribution in [1.29, 1.82) is 0 Å². The van der Waals surface area contributed by atoms with Gasteiger partial charge < -0.3 is 4.74 Å². The Bertz CT molecular complexity index is 650. The smallest absolute Gasteiger partial charge is 0.285 e. The highest BCUT2D eigenvalue weighted by atomic mass is 79.9. The molecule has 0 saturated carbocycles. The number of hydrogen-bond acceptors (Lipinski definition) is 2. The van der Waals surface area contributed by atoms with Crippen LogP contribution in [0.25, 0.3) is 5.69 Å². The summed E-state index contributed by atoms with van der Waals surface area (Å²) >= 11 is 3.37. The van der Waals surface area contributed by atoms with Crippen LogP contribution in [0.2, 0.25) is 0 Å². The zero-order valence-electron chi connectivity index (χ0n) is 11.5. The maximum absolute atomic E-state index is 12.3. The number of nitrogens with one attached hydrogen (secondary N) is 1. The molecule has 0 amide bonds. The van der Waals surface area contributed by atoms with Crippen LogP contribution < -0.4 is 10.3 Å². The van der Waals surface area contributed by atoms with Crippen LogP contribution in [0.4, 0.5) is 0 Å². The predicted octanol–water partition coefficient (Wildman–Crippen LogP) is 3.23. The third kappa shape index (κ3) is 2.61. The molecule has 19 heavy (non-hydrogen) atoms. The fourth-order valence-electron chi connectivity index (χ4n) is 1.85. The van der Waals surface area contributed by atoms with Crippen LogP contribution in [0.5, 0.6) is 5.75 Å². The molecule has 1 aromatic carbocycles. The highest BCUT2D eigenvalue weighted by molar-refractivity contribution is 9.10.